The zero-order valence-corrected chi connectivity index (χ0v) is 16.8. The number of carbonyl (C=O) groups excluding carboxylic acids is 2. The molecule has 28 heavy (non-hydrogen) atoms. The first-order chi connectivity index (χ1) is 13.3. The van der Waals surface area contributed by atoms with Crippen molar-refractivity contribution < 1.29 is 14.3 Å². The van der Waals surface area contributed by atoms with Crippen molar-refractivity contribution in [2.75, 3.05) is 6.61 Å². The fourth-order valence-corrected chi connectivity index (χ4v) is 3.36. The molecule has 7 heteroatoms. The van der Waals surface area contributed by atoms with E-state index < -0.39 is 5.97 Å². The van der Waals surface area contributed by atoms with Gasteiger partial charge in [-0.1, -0.05) is 0 Å². The van der Waals surface area contributed by atoms with Gasteiger partial charge in [0.25, 0.3) is 0 Å². The van der Waals surface area contributed by atoms with Gasteiger partial charge in [-0.3, -0.25) is 4.79 Å². The molecule has 3 aromatic heterocycles. The lowest BCUT2D eigenvalue weighted by molar-refractivity contribution is 0.0474. The smallest absolute Gasteiger partial charge is 0.340 e. The van der Waals surface area contributed by atoms with Gasteiger partial charge in [0, 0.05) is 35.4 Å². The van der Waals surface area contributed by atoms with Gasteiger partial charge in [0.1, 0.15) is 0 Å². The number of ether oxygens (including phenoxy) is 1. The molecule has 0 bridgehead atoms. The Kier molecular flexibility index (Phi) is 5.44. The fourth-order valence-electron chi connectivity index (χ4n) is 3.36. The van der Waals surface area contributed by atoms with Gasteiger partial charge in [0.2, 0.25) is 5.78 Å². The second-order valence-electron chi connectivity index (χ2n) is 6.77. The molecule has 0 N–H and O–H groups in total. The van der Waals surface area contributed by atoms with Crippen molar-refractivity contribution in [2.24, 2.45) is 0 Å². The fraction of sp³-hybridized carbons (Fsp3) is 0.333. The molecule has 3 aromatic rings. The van der Waals surface area contributed by atoms with E-state index in [1.807, 2.05) is 46.8 Å². The average Bonchev–Trinajstić information content (AvgIpc) is 3.16. The van der Waals surface area contributed by atoms with Crippen LogP contribution >= 0.6 is 0 Å². The molecule has 0 aromatic carbocycles. The van der Waals surface area contributed by atoms with Crippen LogP contribution in [0.25, 0.3) is 5.82 Å². The SMILES string of the molecule is CCn1c(C)cc(C(=O)COC(=O)c2ccc(-n3nc(C)cc3C)nc2)c1C. The molecule has 0 aliphatic rings. The first-order valence-electron chi connectivity index (χ1n) is 9.18. The number of carbonyl (C=O) groups is 2. The lowest BCUT2D eigenvalue weighted by Gasteiger charge is -2.07. The Morgan fingerprint density at radius 1 is 1.07 bits per heavy atom. The summed E-state index contributed by atoms with van der Waals surface area (Å²) in [5, 5.41) is 4.36. The van der Waals surface area contributed by atoms with Crippen LogP contribution in [0.15, 0.2) is 30.5 Å². The van der Waals surface area contributed by atoms with E-state index in [9.17, 15) is 9.59 Å². The molecule has 0 spiro atoms. The van der Waals surface area contributed by atoms with E-state index in [-0.39, 0.29) is 18.0 Å². The van der Waals surface area contributed by atoms with Crippen LogP contribution in [0, 0.1) is 27.7 Å². The number of aromatic nitrogens is 4. The predicted octanol–water partition coefficient (Wildman–Crippen LogP) is 3.36. The van der Waals surface area contributed by atoms with E-state index in [2.05, 4.69) is 14.6 Å². The Labute approximate surface area is 164 Å². The minimum atomic E-state index is -0.579. The van der Waals surface area contributed by atoms with E-state index in [4.69, 9.17) is 4.74 Å². The molecular weight excluding hydrogens is 356 g/mol. The molecule has 3 heterocycles. The van der Waals surface area contributed by atoms with Crippen LogP contribution in [0.4, 0.5) is 0 Å². The van der Waals surface area contributed by atoms with E-state index in [0.29, 0.717) is 11.4 Å². The van der Waals surface area contributed by atoms with Gasteiger partial charge in [-0.05, 0) is 58.9 Å². The van der Waals surface area contributed by atoms with Gasteiger partial charge >= 0.3 is 5.97 Å². The zero-order chi connectivity index (χ0) is 20.4. The molecular formula is C21H24N4O3. The number of nitrogens with zero attached hydrogens (tertiary/aromatic N) is 4. The average molecular weight is 380 g/mol. The highest BCUT2D eigenvalue weighted by Crippen LogP contribution is 2.16. The first kappa shape index (κ1) is 19.5. The van der Waals surface area contributed by atoms with Gasteiger partial charge in [0.15, 0.2) is 12.4 Å². The van der Waals surface area contributed by atoms with E-state index in [1.54, 1.807) is 16.8 Å². The van der Waals surface area contributed by atoms with Gasteiger partial charge in [0.05, 0.1) is 11.3 Å². The minimum Gasteiger partial charge on any atom is -0.454 e. The molecule has 0 fully saturated rings. The number of esters is 1. The van der Waals surface area contributed by atoms with Crippen LogP contribution < -0.4 is 0 Å². The summed E-state index contributed by atoms with van der Waals surface area (Å²) in [5.41, 5.74) is 4.62. The van der Waals surface area contributed by atoms with Crippen LogP contribution in [-0.2, 0) is 11.3 Å². The summed E-state index contributed by atoms with van der Waals surface area (Å²) in [6.07, 6.45) is 1.43. The van der Waals surface area contributed by atoms with Crippen molar-refractivity contribution >= 4 is 11.8 Å². The summed E-state index contributed by atoms with van der Waals surface area (Å²) in [7, 11) is 0. The van der Waals surface area contributed by atoms with Gasteiger partial charge in [-0.25, -0.2) is 14.5 Å². The molecule has 0 aliphatic carbocycles. The normalized spacial score (nSPS) is 10.9. The maximum atomic E-state index is 12.4. The molecule has 0 saturated carbocycles. The molecule has 0 atom stereocenters. The van der Waals surface area contributed by atoms with Crippen molar-refractivity contribution in [3.63, 3.8) is 0 Å². The Bertz CT molecular complexity index is 1030. The molecule has 0 amide bonds. The number of hydrogen-bond acceptors (Lipinski definition) is 5. The zero-order valence-electron chi connectivity index (χ0n) is 16.8. The quantitative estimate of drug-likeness (QED) is 0.484. The maximum Gasteiger partial charge on any atom is 0.340 e. The Balaban J connectivity index is 1.67. The third kappa shape index (κ3) is 3.74. The molecule has 146 valence electrons. The standard InChI is InChI=1S/C21H24N4O3/c1-6-24-14(3)10-18(16(24)5)19(26)12-28-21(27)17-7-8-20(22-11-17)25-15(4)9-13(2)23-25/h7-11H,6,12H2,1-5H3. The number of pyridine rings is 1. The van der Waals surface area contributed by atoms with E-state index >= 15 is 0 Å². The molecule has 0 unspecified atom stereocenters. The Morgan fingerprint density at radius 2 is 1.82 bits per heavy atom. The third-order valence-corrected chi connectivity index (χ3v) is 4.73. The van der Waals surface area contributed by atoms with Crippen molar-refractivity contribution in [3.05, 3.63) is 64.4 Å². The van der Waals surface area contributed by atoms with Crippen LogP contribution in [0.3, 0.4) is 0 Å². The first-order valence-corrected chi connectivity index (χ1v) is 9.18. The highest BCUT2D eigenvalue weighted by atomic mass is 16.5. The van der Waals surface area contributed by atoms with Crippen molar-refractivity contribution in [2.45, 2.75) is 41.2 Å². The number of hydrogen-bond donors (Lipinski definition) is 0. The topological polar surface area (TPSA) is 79.0 Å². The van der Waals surface area contributed by atoms with Crippen molar-refractivity contribution in [1.29, 1.82) is 0 Å². The number of ketones is 1. The molecule has 3 rings (SSSR count). The molecule has 0 saturated heterocycles. The summed E-state index contributed by atoms with van der Waals surface area (Å²) in [6.45, 7) is 10.2. The second kappa shape index (κ2) is 7.80. The lowest BCUT2D eigenvalue weighted by Crippen LogP contribution is -2.15. The summed E-state index contributed by atoms with van der Waals surface area (Å²) in [6, 6.07) is 7.10. The molecule has 0 aliphatic heterocycles. The van der Waals surface area contributed by atoms with E-state index in [0.717, 1.165) is 29.3 Å². The van der Waals surface area contributed by atoms with Crippen molar-refractivity contribution in [1.82, 2.24) is 19.3 Å². The number of aryl methyl sites for hydroxylation is 3. The molecule has 7 nitrogen and oxygen atoms in total. The van der Waals surface area contributed by atoms with Crippen molar-refractivity contribution in [3.8, 4) is 5.82 Å². The summed E-state index contributed by atoms with van der Waals surface area (Å²) >= 11 is 0. The van der Waals surface area contributed by atoms with Crippen LogP contribution in [-0.4, -0.2) is 37.7 Å². The van der Waals surface area contributed by atoms with E-state index in [1.165, 1.54) is 6.20 Å². The largest absolute Gasteiger partial charge is 0.454 e. The lowest BCUT2D eigenvalue weighted by atomic mass is 10.1. The number of rotatable bonds is 6. The number of Topliss-reactive ketones (excluding diaryl/α,β-unsaturated/α-hetero) is 1. The Hall–Kier alpha value is -3.22. The second-order valence-corrected chi connectivity index (χ2v) is 6.77. The predicted molar refractivity (Wildman–Crippen MR) is 105 cm³/mol. The molecule has 0 radical (unpaired) electrons. The highest BCUT2D eigenvalue weighted by Gasteiger charge is 2.17. The third-order valence-electron chi connectivity index (χ3n) is 4.73. The summed E-state index contributed by atoms with van der Waals surface area (Å²) in [5.74, 6) is -0.177. The summed E-state index contributed by atoms with van der Waals surface area (Å²) in [4.78, 5) is 29.0. The van der Waals surface area contributed by atoms with Gasteiger partial charge < -0.3 is 9.30 Å². The Morgan fingerprint density at radius 3 is 2.36 bits per heavy atom. The van der Waals surface area contributed by atoms with Gasteiger partial charge in [-0.15, -0.1) is 0 Å². The summed E-state index contributed by atoms with van der Waals surface area (Å²) < 4.78 is 8.95. The van der Waals surface area contributed by atoms with Gasteiger partial charge in [-0.2, -0.15) is 5.10 Å². The highest BCUT2D eigenvalue weighted by molar-refractivity contribution is 6.00. The monoisotopic (exact) mass is 380 g/mol. The van der Waals surface area contributed by atoms with Crippen LogP contribution in [0.2, 0.25) is 0 Å². The maximum absolute atomic E-state index is 12.4. The van der Waals surface area contributed by atoms with Crippen LogP contribution in [0.5, 0.6) is 0 Å². The minimum absolute atomic E-state index is 0.214. The van der Waals surface area contributed by atoms with Crippen LogP contribution in [0.1, 0.15) is 50.4 Å².